The van der Waals surface area contributed by atoms with Crippen molar-refractivity contribution in [2.45, 2.75) is 33.2 Å². The Labute approximate surface area is 105 Å². The van der Waals surface area contributed by atoms with E-state index in [4.69, 9.17) is 0 Å². The molecule has 1 unspecified atom stereocenters. The van der Waals surface area contributed by atoms with Gasteiger partial charge in [-0.25, -0.2) is 15.0 Å². The highest BCUT2D eigenvalue weighted by Crippen LogP contribution is 2.23. The number of nitrogens with zero attached hydrogens (tertiary/aromatic N) is 3. The van der Waals surface area contributed by atoms with Crippen molar-refractivity contribution in [2.24, 2.45) is 0 Å². The normalized spacial score (nSPS) is 12.4. The first-order valence-corrected chi connectivity index (χ1v) is 6.51. The summed E-state index contributed by atoms with van der Waals surface area (Å²) in [5.41, 5.74) is 0. The van der Waals surface area contributed by atoms with Gasteiger partial charge in [-0.1, -0.05) is 6.92 Å². The van der Waals surface area contributed by atoms with Gasteiger partial charge in [0.05, 0.1) is 6.04 Å². The van der Waals surface area contributed by atoms with Crippen molar-refractivity contribution in [3.63, 3.8) is 0 Å². The van der Waals surface area contributed by atoms with Gasteiger partial charge >= 0.3 is 0 Å². The van der Waals surface area contributed by atoms with Crippen molar-refractivity contribution in [3.8, 4) is 0 Å². The van der Waals surface area contributed by atoms with E-state index >= 15 is 0 Å². The number of hydrogen-bond donors (Lipinski definition) is 1. The Kier molecular flexibility index (Phi) is 3.68. The van der Waals surface area contributed by atoms with E-state index in [9.17, 15) is 0 Å². The van der Waals surface area contributed by atoms with Crippen molar-refractivity contribution in [2.75, 3.05) is 5.32 Å². The molecule has 0 aromatic carbocycles. The highest BCUT2D eigenvalue weighted by molar-refractivity contribution is 7.11. The fraction of sp³-hybridized carbons (Fsp3) is 0.417. The molecule has 90 valence electrons. The Morgan fingerprint density at radius 3 is 2.88 bits per heavy atom. The summed E-state index contributed by atoms with van der Waals surface area (Å²) in [5.74, 6) is 1.62. The molecule has 1 atom stereocenters. The van der Waals surface area contributed by atoms with E-state index in [1.54, 1.807) is 17.5 Å². The Bertz CT molecular complexity index is 495. The zero-order valence-electron chi connectivity index (χ0n) is 10.3. The van der Waals surface area contributed by atoms with Gasteiger partial charge in [0.25, 0.3) is 0 Å². The third-order valence-corrected chi connectivity index (χ3v) is 3.76. The van der Waals surface area contributed by atoms with Crippen LogP contribution in [0.5, 0.6) is 0 Å². The van der Waals surface area contributed by atoms with Crippen LogP contribution >= 0.6 is 11.3 Å². The second-order valence-electron chi connectivity index (χ2n) is 3.87. The molecule has 0 aliphatic carbocycles. The van der Waals surface area contributed by atoms with Gasteiger partial charge < -0.3 is 5.32 Å². The summed E-state index contributed by atoms with van der Waals surface area (Å²) < 4.78 is 0. The lowest BCUT2D eigenvalue weighted by atomic mass is 10.3. The first kappa shape index (κ1) is 12.0. The molecular weight excluding hydrogens is 232 g/mol. The monoisotopic (exact) mass is 248 g/mol. The summed E-state index contributed by atoms with van der Waals surface area (Å²) in [5, 5.41) is 4.43. The molecule has 4 nitrogen and oxygen atoms in total. The Hall–Kier alpha value is -1.49. The van der Waals surface area contributed by atoms with E-state index in [1.165, 1.54) is 4.88 Å². The maximum Gasteiger partial charge on any atom is 0.130 e. The molecule has 5 heteroatoms. The van der Waals surface area contributed by atoms with Gasteiger partial charge in [0, 0.05) is 17.3 Å². The van der Waals surface area contributed by atoms with Crippen LogP contribution in [-0.4, -0.2) is 15.0 Å². The number of aryl methyl sites for hydroxylation is 2. The third kappa shape index (κ3) is 3.00. The number of nitrogens with one attached hydrogen (secondary N) is 1. The fourth-order valence-electron chi connectivity index (χ4n) is 1.51. The standard InChI is InChI=1S/C12H16N4S/c1-4-10-7-14-12(17-10)8(2)15-11-5-6-13-9(3)16-11/h5-8H,4H2,1-3H3,(H,13,15,16). The SMILES string of the molecule is CCc1cnc(C(C)Nc2ccnc(C)n2)s1. The van der Waals surface area contributed by atoms with Crippen molar-refractivity contribution >= 4 is 17.2 Å². The Morgan fingerprint density at radius 2 is 2.24 bits per heavy atom. The average molecular weight is 248 g/mol. The maximum absolute atomic E-state index is 4.42. The summed E-state index contributed by atoms with van der Waals surface area (Å²) >= 11 is 1.75. The van der Waals surface area contributed by atoms with Crippen LogP contribution in [0.25, 0.3) is 0 Å². The van der Waals surface area contributed by atoms with Crippen molar-refractivity contribution < 1.29 is 0 Å². The van der Waals surface area contributed by atoms with Gasteiger partial charge in [0.1, 0.15) is 16.6 Å². The van der Waals surface area contributed by atoms with Crippen LogP contribution in [-0.2, 0) is 6.42 Å². The molecule has 0 saturated heterocycles. The number of aromatic nitrogens is 3. The summed E-state index contributed by atoms with van der Waals surface area (Å²) in [6.07, 6.45) is 4.75. The summed E-state index contributed by atoms with van der Waals surface area (Å²) in [6, 6.07) is 2.05. The van der Waals surface area contributed by atoms with Crippen LogP contribution in [0, 0.1) is 6.92 Å². The minimum absolute atomic E-state index is 0.176. The zero-order chi connectivity index (χ0) is 12.3. The summed E-state index contributed by atoms with van der Waals surface area (Å²) in [7, 11) is 0. The van der Waals surface area contributed by atoms with Gasteiger partial charge in [-0.05, 0) is 26.3 Å². The predicted molar refractivity (Wildman–Crippen MR) is 70.3 cm³/mol. The number of rotatable bonds is 4. The van der Waals surface area contributed by atoms with Crippen LogP contribution < -0.4 is 5.32 Å². The van der Waals surface area contributed by atoms with Gasteiger partial charge in [0.2, 0.25) is 0 Å². The maximum atomic E-state index is 4.42. The molecule has 2 aromatic heterocycles. The number of thiazole rings is 1. The smallest absolute Gasteiger partial charge is 0.130 e. The summed E-state index contributed by atoms with van der Waals surface area (Å²) in [6.45, 7) is 6.12. The highest BCUT2D eigenvalue weighted by Gasteiger charge is 2.10. The van der Waals surface area contributed by atoms with Crippen LogP contribution in [0.2, 0.25) is 0 Å². The van der Waals surface area contributed by atoms with E-state index in [0.717, 1.165) is 23.1 Å². The molecule has 17 heavy (non-hydrogen) atoms. The highest BCUT2D eigenvalue weighted by atomic mass is 32.1. The second kappa shape index (κ2) is 5.23. The molecule has 0 aliphatic rings. The lowest BCUT2D eigenvalue weighted by Gasteiger charge is -2.11. The topological polar surface area (TPSA) is 50.7 Å². The Morgan fingerprint density at radius 1 is 1.41 bits per heavy atom. The summed E-state index contributed by atoms with van der Waals surface area (Å²) in [4.78, 5) is 14.1. The molecule has 0 saturated carbocycles. The molecule has 0 bridgehead atoms. The number of hydrogen-bond acceptors (Lipinski definition) is 5. The predicted octanol–water partition coefficient (Wildman–Crippen LogP) is 2.98. The Balaban J connectivity index is 2.08. The zero-order valence-corrected chi connectivity index (χ0v) is 11.1. The third-order valence-electron chi connectivity index (χ3n) is 2.43. The van der Waals surface area contributed by atoms with Gasteiger partial charge in [0.15, 0.2) is 0 Å². The molecule has 0 amide bonds. The van der Waals surface area contributed by atoms with Crippen LogP contribution in [0.15, 0.2) is 18.5 Å². The lowest BCUT2D eigenvalue weighted by molar-refractivity contribution is 0.854. The lowest BCUT2D eigenvalue weighted by Crippen LogP contribution is -2.08. The molecule has 0 aliphatic heterocycles. The molecular formula is C12H16N4S. The molecule has 2 aromatic rings. The minimum atomic E-state index is 0.176. The van der Waals surface area contributed by atoms with Crippen LogP contribution in [0.4, 0.5) is 5.82 Å². The van der Waals surface area contributed by atoms with E-state index in [-0.39, 0.29) is 6.04 Å². The van der Waals surface area contributed by atoms with Crippen molar-refractivity contribution in [1.82, 2.24) is 15.0 Å². The quantitative estimate of drug-likeness (QED) is 0.903. The van der Waals surface area contributed by atoms with Crippen molar-refractivity contribution in [3.05, 3.63) is 34.2 Å². The molecule has 0 spiro atoms. The molecule has 2 heterocycles. The molecule has 1 N–H and O–H groups in total. The molecule has 0 fully saturated rings. The van der Waals surface area contributed by atoms with E-state index in [0.29, 0.717) is 0 Å². The first-order chi connectivity index (χ1) is 8.19. The van der Waals surface area contributed by atoms with Gasteiger partial charge in [-0.3, -0.25) is 0 Å². The number of anilines is 1. The van der Waals surface area contributed by atoms with Gasteiger partial charge in [-0.2, -0.15) is 0 Å². The minimum Gasteiger partial charge on any atom is -0.361 e. The molecule has 0 radical (unpaired) electrons. The van der Waals surface area contributed by atoms with Crippen molar-refractivity contribution in [1.29, 1.82) is 0 Å². The van der Waals surface area contributed by atoms with Gasteiger partial charge in [-0.15, -0.1) is 11.3 Å². The van der Waals surface area contributed by atoms with Crippen LogP contribution in [0.1, 0.15) is 35.6 Å². The average Bonchev–Trinajstić information content (AvgIpc) is 2.77. The van der Waals surface area contributed by atoms with E-state index in [1.807, 2.05) is 19.2 Å². The second-order valence-corrected chi connectivity index (χ2v) is 5.02. The van der Waals surface area contributed by atoms with E-state index < -0.39 is 0 Å². The molecule has 2 rings (SSSR count). The van der Waals surface area contributed by atoms with E-state index in [2.05, 4.69) is 34.1 Å². The van der Waals surface area contributed by atoms with Crippen LogP contribution in [0.3, 0.4) is 0 Å². The first-order valence-electron chi connectivity index (χ1n) is 5.70. The largest absolute Gasteiger partial charge is 0.361 e. The fourth-order valence-corrected chi connectivity index (χ4v) is 2.37.